The molecule has 4 rings (SSSR count). The van der Waals surface area contributed by atoms with Crippen LogP contribution < -0.4 is 0 Å². The highest BCUT2D eigenvalue weighted by Crippen LogP contribution is 2.32. The second-order valence-electron chi connectivity index (χ2n) is 7.36. The van der Waals surface area contributed by atoms with Gasteiger partial charge in [0, 0.05) is 24.7 Å². The lowest BCUT2D eigenvalue weighted by Crippen LogP contribution is -2.10. The van der Waals surface area contributed by atoms with Crippen LogP contribution in [0.5, 0.6) is 0 Å². The Morgan fingerprint density at radius 3 is 2.66 bits per heavy atom. The summed E-state index contributed by atoms with van der Waals surface area (Å²) in [4.78, 5) is 0. The molecule has 2 heterocycles. The van der Waals surface area contributed by atoms with Crippen molar-refractivity contribution in [1.82, 2.24) is 24.8 Å². The van der Waals surface area contributed by atoms with Crippen LogP contribution in [0.4, 0.5) is 17.6 Å². The summed E-state index contributed by atoms with van der Waals surface area (Å²) < 4.78 is 56.3. The highest BCUT2D eigenvalue weighted by atomic mass is 19.4. The van der Waals surface area contributed by atoms with Crippen molar-refractivity contribution in [2.75, 3.05) is 0 Å². The van der Waals surface area contributed by atoms with E-state index in [1.54, 1.807) is 10.9 Å². The molecule has 0 saturated heterocycles. The number of aromatic nitrogens is 5. The monoisotopic (exact) mass is 409 g/mol. The Morgan fingerprint density at radius 1 is 1.24 bits per heavy atom. The zero-order valence-electron chi connectivity index (χ0n) is 15.6. The summed E-state index contributed by atoms with van der Waals surface area (Å²) >= 11 is 0. The molecule has 154 valence electrons. The number of aliphatic hydroxyl groups is 1. The molecule has 1 saturated carbocycles. The molecule has 1 N–H and O–H groups in total. The quantitative estimate of drug-likeness (QED) is 0.631. The maximum absolute atomic E-state index is 13.6. The Balaban J connectivity index is 1.73. The van der Waals surface area contributed by atoms with Gasteiger partial charge in [0.25, 0.3) is 0 Å². The van der Waals surface area contributed by atoms with Crippen molar-refractivity contribution in [2.24, 2.45) is 5.92 Å². The van der Waals surface area contributed by atoms with Gasteiger partial charge in [0.15, 0.2) is 5.69 Å². The van der Waals surface area contributed by atoms with Crippen molar-refractivity contribution in [2.45, 2.75) is 45.0 Å². The van der Waals surface area contributed by atoms with Gasteiger partial charge >= 0.3 is 6.18 Å². The minimum atomic E-state index is -4.64. The van der Waals surface area contributed by atoms with Crippen molar-refractivity contribution in [3.8, 4) is 5.69 Å². The topological polar surface area (TPSA) is 68.8 Å². The van der Waals surface area contributed by atoms with Gasteiger partial charge in [0.05, 0.1) is 23.2 Å². The number of alkyl halides is 3. The van der Waals surface area contributed by atoms with E-state index >= 15 is 0 Å². The summed E-state index contributed by atoms with van der Waals surface area (Å²) in [6.45, 7) is 2.15. The van der Waals surface area contributed by atoms with Gasteiger partial charge < -0.3 is 5.11 Å². The minimum absolute atomic E-state index is 0.0599. The maximum atomic E-state index is 13.6. The first-order valence-electron chi connectivity index (χ1n) is 9.23. The average molecular weight is 409 g/mol. The first-order valence-corrected chi connectivity index (χ1v) is 9.23. The van der Waals surface area contributed by atoms with Crippen LogP contribution in [0.15, 0.2) is 30.5 Å². The summed E-state index contributed by atoms with van der Waals surface area (Å²) in [6.07, 6.45) is -1.68. The van der Waals surface area contributed by atoms with Gasteiger partial charge in [-0.05, 0) is 49.9 Å². The molecular weight excluding hydrogens is 390 g/mol. The second kappa shape index (κ2) is 7.25. The Morgan fingerprint density at radius 2 is 2.00 bits per heavy atom. The lowest BCUT2D eigenvalue weighted by Gasteiger charge is -2.14. The molecule has 6 nitrogen and oxygen atoms in total. The summed E-state index contributed by atoms with van der Waals surface area (Å²) in [5.74, 6) is -0.0165. The van der Waals surface area contributed by atoms with Crippen LogP contribution in [0.2, 0.25) is 0 Å². The van der Waals surface area contributed by atoms with E-state index in [-0.39, 0.29) is 23.4 Å². The van der Waals surface area contributed by atoms with E-state index in [1.807, 2.05) is 0 Å². The standard InChI is InChI=1S/C19H19F4N5O/c1-11(29)16-6-13(20)4-5-17(16)28-15(8-18(25-28)19(21,22)23)7-14-10-27(26-24-14)9-12-2-3-12/h4-6,8,10-12,29H,2-3,7,9H2,1H3/t11-/m1/s1. The largest absolute Gasteiger partial charge is 0.435 e. The molecule has 1 fully saturated rings. The van der Waals surface area contributed by atoms with Gasteiger partial charge in [-0.15, -0.1) is 5.10 Å². The Kier molecular flexibility index (Phi) is 4.89. The first kappa shape index (κ1) is 19.6. The fourth-order valence-corrected chi connectivity index (χ4v) is 3.20. The number of nitrogens with zero attached hydrogens (tertiary/aromatic N) is 5. The SMILES string of the molecule is C[C@@H](O)c1cc(F)ccc1-n1nc(C(F)(F)F)cc1Cc1cn(CC2CC2)nn1. The third-order valence-electron chi connectivity index (χ3n) is 4.83. The normalized spacial score (nSPS) is 15.7. The lowest BCUT2D eigenvalue weighted by molar-refractivity contribution is -0.141. The predicted octanol–water partition coefficient (Wildman–Crippen LogP) is 3.68. The molecule has 0 bridgehead atoms. The Bertz CT molecular complexity index is 1020. The molecule has 1 atom stereocenters. The van der Waals surface area contributed by atoms with Crippen molar-refractivity contribution in [3.05, 3.63) is 58.9 Å². The van der Waals surface area contributed by atoms with E-state index in [2.05, 4.69) is 15.4 Å². The van der Waals surface area contributed by atoms with E-state index < -0.39 is 23.8 Å². The minimum Gasteiger partial charge on any atom is -0.389 e. The van der Waals surface area contributed by atoms with Gasteiger partial charge in [-0.25, -0.2) is 9.07 Å². The number of aliphatic hydroxyl groups excluding tert-OH is 1. The zero-order valence-corrected chi connectivity index (χ0v) is 15.6. The number of benzene rings is 1. The zero-order chi connectivity index (χ0) is 20.8. The molecular formula is C19H19F4N5O. The van der Waals surface area contributed by atoms with Crippen molar-refractivity contribution in [1.29, 1.82) is 0 Å². The van der Waals surface area contributed by atoms with Crippen molar-refractivity contribution >= 4 is 0 Å². The summed E-state index contributed by atoms with van der Waals surface area (Å²) in [5, 5.41) is 21.7. The molecule has 0 amide bonds. The van der Waals surface area contributed by atoms with Gasteiger partial charge in [-0.1, -0.05) is 5.21 Å². The molecule has 0 unspecified atom stereocenters. The predicted molar refractivity (Wildman–Crippen MR) is 94.7 cm³/mol. The number of rotatable bonds is 6. The van der Waals surface area contributed by atoms with Crippen LogP contribution in [0.3, 0.4) is 0 Å². The van der Waals surface area contributed by atoms with E-state index in [4.69, 9.17) is 0 Å². The summed E-state index contributed by atoms with van der Waals surface area (Å²) in [7, 11) is 0. The second-order valence-corrected chi connectivity index (χ2v) is 7.36. The van der Waals surface area contributed by atoms with Crippen LogP contribution >= 0.6 is 0 Å². The average Bonchev–Trinajstić information content (AvgIpc) is 3.17. The molecule has 1 aliphatic rings. The van der Waals surface area contributed by atoms with Crippen molar-refractivity contribution < 1.29 is 22.7 Å². The smallest absolute Gasteiger partial charge is 0.389 e. The molecule has 0 aliphatic heterocycles. The molecule has 0 spiro atoms. The van der Waals surface area contributed by atoms with Gasteiger partial charge in [0.1, 0.15) is 5.82 Å². The molecule has 29 heavy (non-hydrogen) atoms. The summed E-state index contributed by atoms with van der Waals surface area (Å²) in [6, 6.07) is 4.45. The fraction of sp³-hybridized carbons (Fsp3) is 0.421. The number of hydrogen-bond acceptors (Lipinski definition) is 4. The molecule has 1 aliphatic carbocycles. The molecule has 2 aromatic heterocycles. The third kappa shape index (κ3) is 4.31. The number of hydrogen-bond donors (Lipinski definition) is 1. The first-order chi connectivity index (χ1) is 13.7. The van der Waals surface area contributed by atoms with Crippen molar-refractivity contribution in [3.63, 3.8) is 0 Å². The van der Waals surface area contributed by atoms with Gasteiger partial charge in [-0.3, -0.25) is 4.68 Å². The number of halogens is 4. The van der Waals surface area contributed by atoms with Gasteiger partial charge in [-0.2, -0.15) is 18.3 Å². The third-order valence-corrected chi connectivity index (χ3v) is 4.83. The molecule has 10 heteroatoms. The molecule has 0 radical (unpaired) electrons. The van der Waals surface area contributed by atoms with E-state index in [9.17, 15) is 22.7 Å². The highest BCUT2D eigenvalue weighted by molar-refractivity contribution is 5.44. The molecule has 1 aromatic carbocycles. The van der Waals surface area contributed by atoms with Crippen LogP contribution in [0.1, 0.15) is 48.5 Å². The van der Waals surface area contributed by atoms with Crippen LogP contribution in [0, 0.1) is 11.7 Å². The molecule has 3 aromatic rings. The van der Waals surface area contributed by atoms with E-state index in [0.29, 0.717) is 11.6 Å². The Hall–Kier alpha value is -2.75. The summed E-state index contributed by atoms with van der Waals surface area (Å²) in [5.41, 5.74) is -0.0398. The highest BCUT2D eigenvalue weighted by Gasteiger charge is 2.35. The van der Waals surface area contributed by atoms with E-state index in [0.717, 1.165) is 42.3 Å². The lowest BCUT2D eigenvalue weighted by atomic mass is 10.1. The van der Waals surface area contributed by atoms with Crippen LogP contribution in [-0.4, -0.2) is 29.9 Å². The fourth-order valence-electron chi connectivity index (χ4n) is 3.20. The van der Waals surface area contributed by atoms with Crippen LogP contribution in [0.25, 0.3) is 5.69 Å². The van der Waals surface area contributed by atoms with Gasteiger partial charge in [0.2, 0.25) is 0 Å². The van der Waals surface area contributed by atoms with Crippen LogP contribution in [-0.2, 0) is 19.1 Å². The maximum Gasteiger partial charge on any atom is 0.435 e. The van der Waals surface area contributed by atoms with E-state index in [1.165, 1.54) is 13.0 Å². The Labute approximate surface area is 163 Å².